The molecule has 1 saturated heterocycles. The van der Waals surface area contributed by atoms with Crippen molar-refractivity contribution < 1.29 is 19.1 Å². The summed E-state index contributed by atoms with van der Waals surface area (Å²) in [5.41, 5.74) is 0. The van der Waals surface area contributed by atoms with Gasteiger partial charge in [-0.2, -0.15) is 0 Å². The Morgan fingerprint density at radius 3 is 2.55 bits per heavy atom. The Hall–Kier alpha value is -1.36. The number of rotatable bonds is 4. The van der Waals surface area contributed by atoms with Crippen LogP contribution in [0.15, 0.2) is 12.2 Å². The minimum atomic E-state index is -0.405. The van der Waals surface area contributed by atoms with Crippen LogP contribution in [0.5, 0.6) is 0 Å². The van der Waals surface area contributed by atoms with Crippen molar-refractivity contribution in [1.82, 2.24) is 5.32 Å². The van der Waals surface area contributed by atoms with Gasteiger partial charge in [-0.25, -0.2) is 0 Å². The molecule has 114 valence electrons. The average molecular weight is 283 g/mol. The van der Waals surface area contributed by atoms with Gasteiger partial charge in [-0.3, -0.25) is 9.59 Å². The van der Waals surface area contributed by atoms with Crippen molar-refractivity contribution in [1.29, 1.82) is 0 Å². The van der Waals surface area contributed by atoms with E-state index < -0.39 is 6.10 Å². The first-order valence-corrected chi connectivity index (χ1v) is 7.11. The molecule has 1 N–H and O–H groups in total. The van der Waals surface area contributed by atoms with E-state index in [1.54, 1.807) is 13.0 Å². The van der Waals surface area contributed by atoms with Crippen LogP contribution in [0, 0.1) is 5.92 Å². The second-order valence-corrected chi connectivity index (χ2v) is 5.55. The number of carbonyl (C=O) groups is 2. The topological polar surface area (TPSA) is 64.6 Å². The Morgan fingerprint density at radius 1 is 1.30 bits per heavy atom. The lowest BCUT2D eigenvalue weighted by Crippen LogP contribution is -2.49. The van der Waals surface area contributed by atoms with Crippen molar-refractivity contribution in [3.05, 3.63) is 12.2 Å². The van der Waals surface area contributed by atoms with Gasteiger partial charge in [-0.15, -0.1) is 0 Å². The number of ether oxygens (including phenoxy) is 2. The molecule has 1 aliphatic heterocycles. The lowest BCUT2D eigenvalue weighted by atomic mass is 9.91. The summed E-state index contributed by atoms with van der Waals surface area (Å²) in [4.78, 5) is 22.6. The van der Waals surface area contributed by atoms with Gasteiger partial charge in [-0.1, -0.05) is 6.92 Å². The molecular weight excluding hydrogens is 258 g/mol. The van der Waals surface area contributed by atoms with Crippen LogP contribution in [0.1, 0.15) is 41.0 Å². The molecule has 0 aromatic heterocycles. The summed E-state index contributed by atoms with van der Waals surface area (Å²) in [5.74, 6) is -0.133. The second kappa shape index (κ2) is 7.43. The minimum Gasteiger partial charge on any atom is -0.459 e. The first-order valence-electron chi connectivity index (χ1n) is 7.11. The van der Waals surface area contributed by atoms with Gasteiger partial charge in [0.15, 0.2) is 0 Å². The number of amides is 1. The van der Waals surface area contributed by atoms with Gasteiger partial charge in [-0.05, 0) is 39.2 Å². The van der Waals surface area contributed by atoms with Crippen molar-refractivity contribution in [2.45, 2.75) is 65.4 Å². The first kappa shape index (κ1) is 16.7. The van der Waals surface area contributed by atoms with Crippen LogP contribution in [0.3, 0.4) is 0 Å². The smallest absolute Gasteiger partial charge is 0.303 e. The molecule has 5 heteroatoms. The summed E-state index contributed by atoms with van der Waals surface area (Å²) in [6.45, 7) is 9.20. The van der Waals surface area contributed by atoms with Crippen LogP contribution in [-0.4, -0.2) is 36.2 Å². The van der Waals surface area contributed by atoms with Gasteiger partial charge in [0.2, 0.25) is 5.91 Å². The maximum absolute atomic E-state index is 11.8. The second-order valence-electron chi connectivity index (χ2n) is 5.55. The molecular formula is C15H25NO4. The number of esters is 1. The van der Waals surface area contributed by atoms with E-state index in [9.17, 15) is 9.59 Å². The highest BCUT2D eigenvalue weighted by Gasteiger charge is 2.31. The molecule has 0 bridgehead atoms. The van der Waals surface area contributed by atoms with E-state index in [2.05, 4.69) is 19.2 Å². The number of nitrogens with one attached hydrogen (secondary N) is 1. The molecule has 1 aliphatic rings. The lowest BCUT2D eigenvalue weighted by Gasteiger charge is -2.37. The zero-order valence-electron chi connectivity index (χ0n) is 12.9. The Balaban J connectivity index is 2.45. The van der Waals surface area contributed by atoms with Crippen molar-refractivity contribution in [2.75, 3.05) is 0 Å². The quantitative estimate of drug-likeness (QED) is 0.631. The van der Waals surface area contributed by atoms with E-state index >= 15 is 0 Å². The first-order chi connectivity index (χ1) is 9.29. The van der Waals surface area contributed by atoms with Crippen LogP contribution >= 0.6 is 0 Å². The van der Waals surface area contributed by atoms with Gasteiger partial charge in [0, 0.05) is 13.0 Å². The standard InChI is InChI=1S/C15H25NO4/c1-9-8-14(12(4)20-11(9)3)16-15(18)7-6-10(2)19-13(5)17/h6-7,9-12,14H,8H2,1-5H3,(H,16,18). The van der Waals surface area contributed by atoms with Crippen LogP contribution in [-0.2, 0) is 19.1 Å². The predicted molar refractivity (Wildman–Crippen MR) is 76.1 cm³/mol. The zero-order valence-corrected chi connectivity index (χ0v) is 12.9. The maximum atomic E-state index is 11.8. The SMILES string of the molecule is CC(=O)OC(C)C=CC(=O)NC1CC(C)C(C)OC1C. The van der Waals surface area contributed by atoms with Crippen molar-refractivity contribution >= 4 is 11.9 Å². The van der Waals surface area contributed by atoms with Gasteiger partial charge < -0.3 is 14.8 Å². The van der Waals surface area contributed by atoms with E-state index in [1.165, 1.54) is 13.0 Å². The van der Waals surface area contributed by atoms with E-state index in [-0.39, 0.29) is 30.1 Å². The fourth-order valence-electron chi connectivity index (χ4n) is 2.28. The van der Waals surface area contributed by atoms with Gasteiger partial charge in [0.05, 0.1) is 18.2 Å². The summed E-state index contributed by atoms with van der Waals surface area (Å²) in [7, 11) is 0. The fourth-order valence-corrected chi connectivity index (χ4v) is 2.28. The molecule has 5 atom stereocenters. The normalized spacial score (nSPS) is 31.9. The van der Waals surface area contributed by atoms with Crippen LogP contribution in [0.25, 0.3) is 0 Å². The Labute approximate surface area is 120 Å². The Kier molecular flexibility index (Phi) is 6.20. The third-order valence-corrected chi connectivity index (χ3v) is 3.62. The monoisotopic (exact) mass is 283 g/mol. The van der Waals surface area contributed by atoms with Crippen molar-refractivity contribution in [3.63, 3.8) is 0 Å². The summed E-state index contributed by atoms with van der Waals surface area (Å²) in [6.07, 6.45) is 3.70. The molecule has 1 heterocycles. The molecule has 0 aromatic carbocycles. The van der Waals surface area contributed by atoms with Crippen LogP contribution in [0.4, 0.5) is 0 Å². The van der Waals surface area contributed by atoms with Crippen LogP contribution in [0.2, 0.25) is 0 Å². The van der Waals surface area contributed by atoms with Crippen molar-refractivity contribution in [2.24, 2.45) is 5.92 Å². The Morgan fingerprint density at radius 2 is 1.95 bits per heavy atom. The predicted octanol–water partition coefficient (Wildman–Crippen LogP) is 1.81. The van der Waals surface area contributed by atoms with E-state index in [0.717, 1.165) is 6.42 Å². The van der Waals surface area contributed by atoms with E-state index in [1.807, 2.05) is 6.92 Å². The van der Waals surface area contributed by atoms with E-state index in [4.69, 9.17) is 9.47 Å². The van der Waals surface area contributed by atoms with Gasteiger partial charge in [0.1, 0.15) is 6.10 Å². The van der Waals surface area contributed by atoms with E-state index in [0.29, 0.717) is 5.92 Å². The molecule has 20 heavy (non-hydrogen) atoms. The molecule has 0 aliphatic carbocycles. The molecule has 0 aromatic rings. The highest BCUT2D eigenvalue weighted by atomic mass is 16.5. The van der Waals surface area contributed by atoms with Gasteiger partial charge >= 0.3 is 5.97 Å². The maximum Gasteiger partial charge on any atom is 0.303 e. The molecule has 0 radical (unpaired) electrons. The third-order valence-electron chi connectivity index (χ3n) is 3.62. The highest BCUT2D eigenvalue weighted by molar-refractivity contribution is 5.87. The number of hydrogen-bond acceptors (Lipinski definition) is 4. The average Bonchev–Trinajstić information content (AvgIpc) is 2.32. The highest BCUT2D eigenvalue weighted by Crippen LogP contribution is 2.24. The number of hydrogen-bond donors (Lipinski definition) is 1. The zero-order chi connectivity index (χ0) is 15.3. The summed E-state index contributed by atoms with van der Waals surface area (Å²) in [6, 6.07) is 0.0161. The summed E-state index contributed by atoms with van der Waals surface area (Å²) in [5, 5.41) is 2.94. The molecule has 5 unspecified atom stereocenters. The van der Waals surface area contributed by atoms with Gasteiger partial charge in [0.25, 0.3) is 0 Å². The largest absolute Gasteiger partial charge is 0.459 e. The van der Waals surface area contributed by atoms with Crippen molar-refractivity contribution in [3.8, 4) is 0 Å². The summed E-state index contributed by atoms with van der Waals surface area (Å²) >= 11 is 0. The minimum absolute atomic E-state index is 0.00411. The van der Waals surface area contributed by atoms with Crippen LogP contribution < -0.4 is 5.32 Å². The molecule has 1 rings (SSSR count). The number of carbonyl (C=O) groups excluding carboxylic acids is 2. The molecule has 1 fully saturated rings. The third kappa shape index (κ3) is 5.33. The fraction of sp³-hybridized carbons (Fsp3) is 0.733. The summed E-state index contributed by atoms with van der Waals surface area (Å²) < 4.78 is 10.7. The molecule has 5 nitrogen and oxygen atoms in total. The lowest BCUT2D eigenvalue weighted by molar-refractivity contribution is -0.143. The molecule has 0 saturated carbocycles. The molecule has 0 spiro atoms. The molecule has 1 amide bonds. The Bertz CT molecular complexity index is 380.